The van der Waals surface area contributed by atoms with Crippen LogP contribution in [0, 0.1) is 20.8 Å². The molecule has 0 fully saturated rings. The van der Waals surface area contributed by atoms with Gasteiger partial charge >= 0.3 is 5.97 Å². The van der Waals surface area contributed by atoms with E-state index in [2.05, 4.69) is 43.2 Å². The molecule has 0 atom stereocenters. The van der Waals surface area contributed by atoms with Crippen molar-refractivity contribution in [2.45, 2.75) is 40.7 Å². The third-order valence-corrected chi connectivity index (χ3v) is 3.52. The highest BCUT2D eigenvalue weighted by Crippen LogP contribution is 2.19. The molecule has 0 saturated carbocycles. The molecule has 20 heavy (non-hydrogen) atoms. The molecule has 0 radical (unpaired) electrons. The Morgan fingerprint density at radius 1 is 1.25 bits per heavy atom. The summed E-state index contributed by atoms with van der Waals surface area (Å²) in [5.41, 5.74) is 5.50. The smallest absolute Gasteiger partial charge is 0.358 e. The normalized spacial score (nSPS) is 10.8. The van der Waals surface area contributed by atoms with Gasteiger partial charge in [-0.15, -0.1) is 5.10 Å². The predicted octanol–water partition coefficient (Wildman–Crippen LogP) is 2.51. The average Bonchev–Trinajstić information content (AvgIpc) is 2.76. The van der Waals surface area contributed by atoms with Crippen LogP contribution < -0.4 is 0 Å². The Balaban J connectivity index is 2.43. The van der Waals surface area contributed by atoms with Gasteiger partial charge in [-0.25, -0.2) is 9.48 Å². The van der Waals surface area contributed by atoms with E-state index in [1.165, 1.54) is 22.3 Å². The summed E-state index contributed by atoms with van der Waals surface area (Å²) >= 11 is 0. The number of aryl methyl sites for hydroxylation is 3. The lowest BCUT2D eigenvalue weighted by atomic mass is 10.00. The van der Waals surface area contributed by atoms with Gasteiger partial charge in [-0.1, -0.05) is 29.8 Å². The van der Waals surface area contributed by atoms with Gasteiger partial charge in [0.05, 0.1) is 12.2 Å². The van der Waals surface area contributed by atoms with Gasteiger partial charge in [0.25, 0.3) is 0 Å². The number of nitrogens with zero attached hydrogens (tertiary/aromatic N) is 3. The Labute approximate surface area is 118 Å². The van der Waals surface area contributed by atoms with E-state index in [-0.39, 0.29) is 5.69 Å². The van der Waals surface area contributed by atoms with Crippen LogP contribution in [0.15, 0.2) is 12.1 Å². The Bertz CT molecular complexity index is 636. The summed E-state index contributed by atoms with van der Waals surface area (Å²) in [5.74, 6) is -1.02. The minimum atomic E-state index is -1.02. The van der Waals surface area contributed by atoms with Crippen LogP contribution in [0.25, 0.3) is 0 Å². The first kappa shape index (κ1) is 14.2. The zero-order valence-corrected chi connectivity index (χ0v) is 12.3. The minimum Gasteiger partial charge on any atom is -0.476 e. The van der Waals surface area contributed by atoms with Crippen LogP contribution in [-0.2, 0) is 13.0 Å². The molecule has 1 aromatic heterocycles. The van der Waals surface area contributed by atoms with Gasteiger partial charge in [0, 0.05) is 0 Å². The number of carbonyl (C=O) groups is 1. The van der Waals surface area contributed by atoms with E-state index < -0.39 is 5.97 Å². The third kappa shape index (κ3) is 2.57. The number of hydrogen-bond acceptors (Lipinski definition) is 3. The average molecular weight is 273 g/mol. The molecule has 1 aromatic carbocycles. The van der Waals surface area contributed by atoms with Gasteiger partial charge < -0.3 is 5.11 Å². The summed E-state index contributed by atoms with van der Waals surface area (Å²) in [5, 5.41) is 16.9. The van der Waals surface area contributed by atoms with Crippen LogP contribution >= 0.6 is 0 Å². The topological polar surface area (TPSA) is 68.0 Å². The van der Waals surface area contributed by atoms with Gasteiger partial charge in [-0.3, -0.25) is 0 Å². The molecule has 106 valence electrons. The first-order valence-corrected chi connectivity index (χ1v) is 6.66. The number of carboxylic acid groups (broad SMARTS) is 1. The maximum Gasteiger partial charge on any atom is 0.358 e. The number of carboxylic acids is 1. The van der Waals surface area contributed by atoms with Crippen LogP contribution in [0.2, 0.25) is 0 Å². The van der Waals surface area contributed by atoms with Crippen molar-refractivity contribution in [1.29, 1.82) is 0 Å². The Morgan fingerprint density at radius 2 is 1.85 bits per heavy atom. The highest BCUT2D eigenvalue weighted by Gasteiger charge is 2.18. The molecule has 0 unspecified atom stereocenters. The van der Waals surface area contributed by atoms with Crippen molar-refractivity contribution in [3.8, 4) is 0 Å². The van der Waals surface area contributed by atoms with E-state index in [1.54, 1.807) is 4.68 Å². The number of benzene rings is 1. The fourth-order valence-corrected chi connectivity index (χ4v) is 2.58. The zero-order chi connectivity index (χ0) is 14.9. The number of hydrogen-bond donors (Lipinski definition) is 1. The molecule has 2 aromatic rings. The number of aromatic nitrogens is 3. The highest BCUT2D eigenvalue weighted by atomic mass is 16.4. The maximum atomic E-state index is 11.1. The maximum absolute atomic E-state index is 11.1. The lowest BCUT2D eigenvalue weighted by Crippen LogP contribution is -2.10. The van der Waals surface area contributed by atoms with Gasteiger partial charge in [0.2, 0.25) is 0 Å². The summed E-state index contributed by atoms with van der Waals surface area (Å²) in [6.45, 7) is 8.67. The van der Waals surface area contributed by atoms with Gasteiger partial charge in [-0.05, 0) is 43.9 Å². The van der Waals surface area contributed by atoms with E-state index in [1.807, 2.05) is 6.92 Å². The fourth-order valence-electron chi connectivity index (χ4n) is 2.58. The van der Waals surface area contributed by atoms with Crippen LogP contribution in [0.1, 0.15) is 45.4 Å². The van der Waals surface area contributed by atoms with E-state index in [0.717, 1.165) is 0 Å². The number of aromatic carboxylic acids is 1. The molecule has 0 bridgehead atoms. The van der Waals surface area contributed by atoms with Crippen molar-refractivity contribution < 1.29 is 9.90 Å². The molecule has 1 heterocycles. The fraction of sp³-hybridized carbons (Fsp3) is 0.400. The van der Waals surface area contributed by atoms with E-state index in [4.69, 9.17) is 5.11 Å². The number of rotatable bonds is 4. The van der Waals surface area contributed by atoms with Crippen molar-refractivity contribution >= 4 is 5.97 Å². The highest BCUT2D eigenvalue weighted by molar-refractivity contribution is 5.86. The summed E-state index contributed by atoms with van der Waals surface area (Å²) in [7, 11) is 0. The Morgan fingerprint density at radius 3 is 2.35 bits per heavy atom. The van der Waals surface area contributed by atoms with E-state index in [0.29, 0.717) is 18.7 Å². The van der Waals surface area contributed by atoms with Gasteiger partial charge in [-0.2, -0.15) is 0 Å². The standard InChI is InChI=1S/C15H19N3O2/c1-5-13-14(15(19)20)16-17-18(13)8-12-10(3)6-9(2)7-11(12)4/h6-7H,5,8H2,1-4H3,(H,19,20). The second-order valence-corrected chi connectivity index (χ2v) is 5.08. The third-order valence-electron chi connectivity index (χ3n) is 3.52. The second kappa shape index (κ2) is 5.45. The molecular formula is C15H19N3O2. The molecule has 2 rings (SSSR count). The molecule has 5 nitrogen and oxygen atoms in total. The molecule has 0 aliphatic heterocycles. The lowest BCUT2D eigenvalue weighted by molar-refractivity contribution is 0.0689. The zero-order valence-electron chi connectivity index (χ0n) is 12.3. The summed E-state index contributed by atoms with van der Waals surface area (Å²) in [6, 6.07) is 4.26. The summed E-state index contributed by atoms with van der Waals surface area (Å²) in [6.07, 6.45) is 0.596. The van der Waals surface area contributed by atoms with Gasteiger partial charge in [0.15, 0.2) is 5.69 Å². The Hall–Kier alpha value is -2.17. The lowest BCUT2D eigenvalue weighted by Gasteiger charge is -2.12. The molecule has 0 aliphatic rings. The van der Waals surface area contributed by atoms with Crippen LogP contribution in [0.5, 0.6) is 0 Å². The van der Waals surface area contributed by atoms with Crippen LogP contribution in [-0.4, -0.2) is 26.1 Å². The van der Waals surface area contributed by atoms with Crippen molar-refractivity contribution in [1.82, 2.24) is 15.0 Å². The summed E-state index contributed by atoms with van der Waals surface area (Å²) in [4.78, 5) is 11.1. The van der Waals surface area contributed by atoms with Crippen LogP contribution in [0.4, 0.5) is 0 Å². The first-order valence-electron chi connectivity index (χ1n) is 6.66. The largest absolute Gasteiger partial charge is 0.476 e. The minimum absolute atomic E-state index is 0.0508. The first-order chi connectivity index (χ1) is 9.43. The SMILES string of the molecule is CCc1c(C(=O)O)nnn1Cc1c(C)cc(C)cc1C. The monoisotopic (exact) mass is 273 g/mol. The quantitative estimate of drug-likeness (QED) is 0.929. The molecule has 1 N–H and O–H groups in total. The van der Waals surface area contributed by atoms with Crippen molar-refractivity contribution in [3.63, 3.8) is 0 Å². The molecule has 0 aliphatic carbocycles. The summed E-state index contributed by atoms with van der Waals surface area (Å²) < 4.78 is 1.69. The van der Waals surface area contributed by atoms with Crippen LogP contribution in [0.3, 0.4) is 0 Å². The molecule has 0 spiro atoms. The van der Waals surface area contributed by atoms with E-state index in [9.17, 15) is 4.79 Å². The molecule has 5 heteroatoms. The van der Waals surface area contributed by atoms with Crippen molar-refractivity contribution in [2.24, 2.45) is 0 Å². The second-order valence-electron chi connectivity index (χ2n) is 5.08. The molecular weight excluding hydrogens is 254 g/mol. The van der Waals surface area contributed by atoms with Crippen molar-refractivity contribution in [3.05, 3.63) is 45.8 Å². The molecule has 0 amide bonds. The Kier molecular flexibility index (Phi) is 3.88. The van der Waals surface area contributed by atoms with E-state index >= 15 is 0 Å². The van der Waals surface area contributed by atoms with Gasteiger partial charge in [0.1, 0.15) is 0 Å². The molecule has 0 saturated heterocycles. The predicted molar refractivity (Wildman–Crippen MR) is 76.1 cm³/mol. The van der Waals surface area contributed by atoms with Crippen molar-refractivity contribution in [2.75, 3.05) is 0 Å².